The molecule has 0 aromatic heterocycles. The van der Waals surface area contributed by atoms with Crippen LogP contribution in [0.5, 0.6) is 0 Å². The van der Waals surface area contributed by atoms with Crippen molar-refractivity contribution in [2.24, 2.45) is 0 Å². The molecule has 0 saturated heterocycles. The minimum atomic E-state index is -4.64. The molecule has 0 aliphatic carbocycles. The van der Waals surface area contributed by atoms with Crippen molar-refractivity contribution in [2.45, 2.75) is 32.5 Å². The lowest BCUT2D eigenvalue weighted by Crippen LogP contribution is -2.37. The quantitative estimate of drug-likeness (QED) is 0.784. The maximum absolute atomic E-state index is 13.1. The van der Waals surface area contributed by atoms with Crippen molar-refractivity contribution in [2.75, 3.05) is 17.6 Å². The average Bonchev–Trinajstić information content (AvgIpc) is 2.66. The maximum atomic E-state index is 13.1. The molecule has 0 radical (unpaired) electrons. The van der Waals surface area contributed by atoms with Gasteiger partial charge in [0.2, 0.25) is 10.0 Å². The molecule has 1 aliphatic rings. The Bertz CT molecular complexity index is 1020. The van der Waals surface area contributed by atoms with Crippen LogP contribution in [0.3, 0.4) is 0 Å². The predicted molar refractivity (Wildman–Crippen MR) is 104 cm³/mol. The van der Waals surface area contributed by atoms with Crippen LogP contribution in [0.15, 0.2) is 42.5 Å². The second-order valence-corrected chi connectivity index (χ2v) is 8.97. The average molecular weight is 426 g/mol. The van der Waals surface area contributed by atoms with Crippen LogP contribution in [-0.4, -0.2) is 30.9 Å². The summed E-state index contributed by atoms with van der Waals surface area (Å²) in [7, 11) is -3.36. The monoisotopic (exact) mass is 426 g/mol. The molecule has 0 bridgehead atoms. The van der Waals surface area contributed by atoms with E-state index >= 15 is 0 Å². The largest absolute Gasteiger partial charge is 0.417 e. The van der Waals surface area contributed by atoms with E-state index in [-0.39, 0.29) is 12.3 Å². The topological polar surface area (TPSA) is 66.5 Å². The minimum Gasteiger partial charge on any atom is -0.322 e. The summed E-state index contributed by atoms with van der Waals surface area (Å²) in [6.45, 7) is 2.36. The molecule has 0 unspecified atom stereocenters. The molecule has 29 heavy (non-hydrogen) atoms. The van der Waals surface area contributed by atoms with Gasteiger partial charge in [-0.3, -0.25) is 4.79 Å². The Morgan fingerprint density at radius 3 is 2.55 bits per heavy atom. The molecule has 156 valence electrons. The second-order valence-electron chi connectivity index (χ2n) is 6.88. The maximum Gasteiger partial charge on any atom is 0.417 e. The highest BCUT2D eigenvalue weighted by Crippen LogP contribution is 2.32. The molecule has 1 amide bonds. The number of hydrogen-bond donors (Lipinski definition) is 1. The van der Waals surface area contributed by atoms with Gasteiger partial charge in [0.1, 0.15) is 0 Å². The van der Waals surface area contributed by atoms with E-state index in [4.69, 9.17) is 0 Å². The number of sulfonamides is 1. The number of anilines is 1. The van der Waals surface area contributed by atoms with Gasteiger partial charge in [0.25, 0.3) is 5.91 Å². The van der Waals surface area contributed by atoms with Crippen LogP contribution in [0.2, 0.25) is 0 Å². The number of carbonyl (C=O) groups is 1. The smallest absolute Gasteiger partial charge is 0.322 e. The summed E-state index contributed by atoms with van der Waals surface area (Å²) >= 11 is 0. The first-order valence-corrected chi connectivity index (χ1v) is 10.8. The predicted octanol–water partition coefficient (Wildman–Crippen LogP) is 4.06. The van der Waals surface area contributed by atoms with Crippen molar-refractivity contribution < 1.29 is 26.4 Å². The standard InChI is InChI=1S/C20H21F3N2O3S/c1-2-11-29(27,28)25-10-9-14-7-8-16(12-15(14)13-25)24-19(26)17-5-3-4-6-18(17)20(21,22)23/h3-8,12H,2,9-11,13H2,1H3,(H,24,26). The second kappa shape index (κ2) is 8.16. The van der Waals surface area contributed by atoms with Gasteiger partial charge in [-0.05, 0) is 48.2 Å². The molecule has 1 heterocycles. The van der Waals surface area contributed by atoms with E-state index in [1.807, 2.05) is 0 Å². The van der Waals surface area contributed by atoms with Crippen LogP contribution in [0.25, 0.3) is 0 Å². The molecule has 1 aliphatic heterocycles. The zero-order valence-corrected chi connectivity index (χ0v) is 16.6. The molecule has 9 heteroatoms. The van der Waals surface area contributed by atoms with Crippen LogP contribution in [0, 0.1) is 0 Å². The molecular formula is C20H21F3N2O3S. The molecule has 0 atom stereocenters. The van der Waals surface area contributed by atoms with Crippen LogP contribution in [0.4, 0.5) is 18.9 Å². The van der Waals surface area contributed by atoms with Crippen LogP contribution >= 0.6 is 0 Å². The zero-order valence-electron chi connectivity index (χ0n) is 15.8. The fourth-order valence-corrected chi connectivity index (χ4v) is 4.84. The molecule has 5 nitrogen and oxygen atoms in total. The van der Waals surface area contributed by atoms with Crippen LogP contribution < -0.4 is 5.32 Å². The number of fused-ring (bicyclic) bond motifs is 1. The Kier molecular flexibility index (Phi) is 6.00. The van der Waals surface area contributed by atoms with E-state index in [1.54, 1.807) is 25.1 Å². The number of alkyl halides is 3. The van der Waals surface area contributed by atoms with Crippen molar-refractivity contribution in [1.82, 2.24) is 4.31 Å². The Hall–Kier alpha value is -2.39. The number of hydrogen-bond acceptors (Lipinski definition) is 3. The highest BCUT2D eigenvalue weighted by atomic mass is 32.2. The number of amides is 1. The fraction of sp³-hybridized carbons (Fsp3) is 0.350. The SMILES string of the molecule is CCCS(=O)(=O)N1CCc2ccc(NC(=O)c3ccccc3C(F)(F)F)cc2C1. The summed E-state index contributed by atoms with van der Waals surface area (Å²) in [5.74, 6) is -0.809. The summed E-state index contributed by atoms with van der Waals surface area (Å²) in [5.41, 5.74) is 0.539. The van der Waals surface area contributed by atoms with Gasteiger partial charge in [0.05, 0.1) is 16.9 Å². The van der Waals surface area contributed by atoms with E-state index in [1.165, 1.54) is 16.4 Å². The van der Waals surface area contributed by atoms with E-state index in [2.05, 4.69) is 5.32 Å². The third kappa shape index (κ3) is 4.79. The van der Waals surface area contributed by atoms with Gasteiger partial charge in [0.15, 0.2) is 0 Å². The summed E-state index contributed by atoms with van der Waals surface area (Å²) in [6, 6.07) is 9.58. The molecule has 3 rings (SSSR count). The number of rotatable bonds is 5. The Morgan fingerprint density at radius 1 is 1.14 bits per heavy atom. The van der Waals surface area contributed by atoms with Gasteiger partial charge in [-0.2, -0.15) is 17.5 Å². The van der Waals surface area contributed by atoms with Gasteiger partial charge in [-0.25, -0.2) is 8.42 Å². The van der Waals surface area contributed by atoms with Gasteiger partial charge in [-0.1, -0.05) is 25.1 Å². The molecule has 0 saturated carbocycles. The van der Waals surface area contributed by atoms with E-state index in [0.29, 0.717) is 25.1 Å². The van der Waals surface area contributed by atoms with E-state index in [0.717, 1.165) is 23.3 Å². The first kappa shape index (κ1) is 21.3. The summed E-state index contributed by atoms with van der Waals surface area (Å²) in [6.07, 6.45) is -3.58. The van der Waals surface area contributed by atoms with Crippen molar-refractivity contribution >= 4 is 21.6 Å². The van der Waals surface area contributed by atoms with Gasteiger partial charge in [0, 0.05) is 18.8 Å². The van der Waals surface area contributed by atoms with Gasteiger partial charge < -0.3 is 5.32 Å². The summed E-state index contributed by atoms with van der Waals surface area (Å²) in [5, 5.41) is 2.49. The van der Waals surface area contributed by atoms with Gasteiger partial charge >= 0.3 is 6.18 Å². The Morgan fingerprint density at radius 2 is 1.86 bits per heavy atom. The minimum absolute atomic E-state index is 0.0625. The molecular weight excluding hydrogens is 405 g/mol. The van der Waals surface area contributed by atoms with Gasteiger partial charge in [-0.15, -0.1) is 0 Å². The van der Waals surface area contributed by atoms with Crippen molar-refractivity contribution in [3.05, 3.63) is 64.7 Å². The van der Waals surface area contributed by atoms with E-state index < -0.39 is 33.2 Å². The molecule has 1 N–H and O–H groups in total. The van der Waals surface area contributed by atoms with Crippen LogP contribution in [0.1, 0.15) is 40.4 Å². The number of benzene rings is 2. The van der Waals surface area contributed by atoms with Crippen molar-refractivity contribution in [3.63, 3.8) is 0 Å². The lowest BCUT2D eigenvalue weighted by atomic mass is 10.00. The van der Waals surface area contributed by atoms with Crippen LogP contribution in [-0.2, 0) is 29.2 Å². The van der Waals surface area contributed by atoms with Crippen molar-refractivity contribution in [3.8, 4) is 0 Å². The Balaban J connectivity index is 1.82. The normalized spacial score (nSPS) is 15.0. The molecule has 0 fully saturated rings. The third-order valence-electron chi connectivity index (χ3n) is 4.77. The van der Waals surface area contributed by atoms with E-state index in [9.17, 15) is 26.4 Å². The molecule has 2 aromatic carbocycles. The summed E-state index contributed by atoms with van der Waals surface area (Å²) in [4.78, 5) is 12.4. The zero-order chi connectivity index (χ0) is 21.2. The first-order chi connectivity index (χ1) is 13.6. The highest BCUT2D eigenvalue weighted by molar-refractivity contribution is 7.89. The number of nitrogens with one attached hydrogen (secondary N) is 1. The lowest BCUT2D eigenvalue weighted by Gasteiger charge is -2.28. The highest BCUT2D eigenvalue weighted by Gasteiger charge is 2.35. The lowest BCUT2D eigenvalue weighted by molar-refractivity contribution is -0.137. The first-order valence-electron chi connectivity index (χ1n) is 9.19. The summed E-state index contributed by atoms with van der Waals surface area (Å²) < 4.78 is 65.5. The Labute approximate surface area is 167 Å². The molecule has 2 aromatic rings. The molecule has 0 spiro atoms. The number of nitrogens with zero attached hydrogens (tertiary/aromatic N) is 1. The number of halogens is 3. The fourth-order valence-electron chi connectivity index (χ4n) is 3.36. The van der Waals surface area contributed by atoms with Crippen molar-refractivity contribution in [1.29, 1.82) is 0 Å². The third-order valence-corrected chi connectivity index (χ3v) is 6.80. The number of carbonyl (C=O) groups excluding carboxylic acids is 1.